The number of oxime groups is 1. The molecular formula is C9H18N2O2S. The fraction of sp³-hybridized carbons (Fsp3) is 0.778. The monoisotopic (exact) mass is 218 g/mol. The first kappa shape index (κ1) is 13.3. The normalized spacial score (nSPS) is 12.5. The van der Waals surface area contributed by atoms with Crippen LogP contribution in [0, 0.1) is 5.41 Å². The van der Waals surface area contributed by atoms with Crippen molar-refractivity contribution < 1.29 is 9.63 Å². The number of thioether (sulfide) groups is 1. The summed E-state index contributed by atoms with van der Waals surface area (Å²) in [6.07, 6.45) is 1.45. The largest absolute Gasteiger partial charge is 0.433 e. The van der Waals surface area contributed by atoms with Crippen LogP contribution in [0.15, 0.2) is 5.16 Å². The maximum Gasteiger partial charge on any atom is 0.433 e. The summed E-state index contributed by atoms with van der Waals surface area (Å²) in [7, 11) is 1.50. The Bertz CT molecular complexity index is 221. The molecule has 0 aromatic rings. The number of carbonyl (C=O) groups is 1. The van der Waals surface area contributed by atoms with Crippen molar-refractivity contribution in [3.05, 3.63) is 0 Å². The summed E-state index contributed by atoms with van der Waals surface area (Å²) in [5.41, 5.74) is 0.797. The molecule has 0 bridgehead atoms. The lowest BCUT2D eigenvalue weighted by molar-refractivity contribution is 0.152. The lowest BCUT2D eigenvalue weighted by Crippen LogP contribution is -2.25. The summed E-state index contributed by atoms with van der Waals surface area (Å²) in [4.78, 5) is 15.5. The maximum absolute atomic E-state index is 10.8. The Balaban J connectivity index is 4.41. The number of hydrogen-bond donors (Lipinski definition) is 1. The quantitative estimate of drug-likeness (QED) is 0.448. The molecule has 0 aliphatic heterocycles. The van der Waals surface area contributed by atoms with Gasteiger partial charge < -0.3 is 5.32 Å². The van der Waals surface area contributed by atoms with Crippen LogP contribution < -0.4 is 5.32 Å². The van der Waals surface area contributed by atoms with E-state index in [9.17, 15) is 4.79 Å². The molecule has 0 rings (SSSR count). The van der Waals surface area contributed by atoms with Gasteiger partial charge in [-0.2, -0.15) is 11.8 Å². The highest BCUT2D eigenvalue weighted by molar-refractivity contribution is 7.99. The highest BCUT2D eigenvalue weighted by atomic mass is 32.2. The zero-order valence-corrected chi connectivity index (χ0v) is 10.2. The summed E-state index contributed by atoms with van der Waals surface area (Å²) in [6.45, 7) is 6.11. The number of hydrogen-bond acceptors (Lipinski definition) is 4. The van der Waals surface area contributed by atoms with Crippen LogP contribution in [0.3, 0.4) is 0 Å². The lowest BCUT2D eigenvalue weighted by Gasteiger charge is -2.19. The second kappa shape index (κ2) is 5.90. The Morgan fingerprint density at radius 3 is 2.43 bits per heavy atom. The van der Waals surface area contributed by atoms with Crippen molar-refractivity contribution in [1.82, 2.24) is 5.32 Å². The molecule has 14 heavy (non-hydrogen) atoms. The van der Waals surface area contributed by atoms with Crippen molar-refractivity contribution in [2.24, 2.45) is 10.6 Å². The maximum atomic E-state index is 10.8. The minimum absolute atomic E-state index is 0.0724. The Hall–Kier alpha value is -0.710. The highest BCUT2D eigenvalue weighted by Crippen LogP contribution is 2.18. The SMILES string of the molecule is CNC(=O)O/N=C(\CSC)C(C)(C)C. The molecule has 0 spiro atoms. The van der Waals surface area contributed by atoms with E-state index in [0.717, 1.165) is 11.5 Å². The highest BCUT2D eigenvalue weighted by Gasteiger charge is 2.19. The second-order valence-corrected chi connectivity index (χ2v) is 4.72. The van der Waals surface area contributed by atoms with Gasteiger partial charge in [-0.15, -0.1) is 0 Å². The smallest absolute Gasteiger partial charge is 0.323 e. The summed E-state index contributed by atoms with van der Waals surface area (Å²) in [5, 5.41) is 6.18. The molecule has 4 nitrogen and oxygen atoms in total. The van der Waals surface area contributed by atoms with Crippen molar-refractivity contribution in [2.45, 2.75) is 20.8 Å². The van der Waals surface area contributed by atoms with Gasteiger partial charge in [0.2, 0.25) is 0 Å². The summed E-state index contributed by atoms with van der Waals surface area (Å²) in [6, 6.07) is 0. The van der Waals surface area contributed by atoms with Crippen LogP contribution in [0.25, 0.3) is 0 Å². The molecule has 0 aromatic carbocycles. The van der Waals surface area contributed by atoms with Crippen LogP contribution in [-0.4, -0.2) is 30.9 Å². The van der Waals surface area contributed by atoms with E-state index in [2.05, 4.69) is 15.3 Å². The second-order valence-electron chi connectivity index (χ2n) is 3.85. The zero-order chi connectivity index (χ0) is 11.2. The molecule has 0 saturated carbocycles. The van der Waals surface area contributed by atoms with E-state index in [1.807, 2.05) is 27.0 Å². The molecule has 0 aliphatic carbocycles. The van der Waals surface area contributed by atoms with E-state index in [0.29, 0.717) is 0 Å². The zero-order valence-electron chi connectivity index (χ0n) is 9.38. The van der Waals surface area contributed by atoms with E-state index in [4.69, 9.17) is 0 Å². The standard InChI is InChI=1S/C9H18N2O2S/c1-9(2,3)7(6-14-5)11-13-8(12)10-4/h6H2,1-5H3,(H,10,12)/b11-7+. The molecule has 0 atom stereocenters. The molecule has 1 amide bonds. The van der Waals surface area contributed by atoms with Crippen LogP contribution >= 0.6 is 11.8 Å². The number of nitrogens with one attached hydrogen (secondary N) is 1. The van der Waals surface area contributed by atoms with Crippen LogP contribution in [0.4, 0.5) is 4.79 Å². The van der Waals surface area contributed by atoms with Gasteiger partial charge in [-0.05, 0) is 6.26 Å². The molecule has 0 fully saturated rings. The van der Waals surface area contributed by atoms with Crippen LogP contribution in [0.5, 0.6) is 0 Å². The van der Waals surface area contributed by atoms with Gasteiger partial charge in [0.1, 0.15) is 0 Å². The van der Waals surface area contributed by atoms with Crippen LogP contribution in [0.1, 0.15) is 20.8 Å². The molecule has 1 N–H and O–H groups in total. The number of carbonyl (C=O) groups excluding carboxylic acids is 1. The molecule has 0 aromatic heterocycles. The van der Waals surface area contributed by atoms with Crippen molar-refractivity contribution in [3.8, 4) is 0 Å². The summed E-state index contributed by atoms with van der Waals surface area (Å²) >= 11 is 1.65. The molecule has 5 heteroatoms. The van der Waals surface area contributed by atoms with E-state index >= 15 is 0 Å². The van der Waals surface area contributed by atoms with Crippen molar-refractivity contribution in [2.75, 3.05) is 19.1 Å². The minimum Gasteiger partial charge on any atom is -0.323 e. The molecule has 0 heterocycles. The molecule has 82 valence electrons. The van der Waals surface area contributed by atoms with Gasteiger partial charge in [0.15, 0.2) is 0 Å². The Morgan fingerprint density at radius 2 is 2.07 bits per heavy atom. The van der Waals surface area contributed by atoms with E-state index in [-0.39, 0.29) is 5.41 Å². The van der Waals surface area contributed by atoms with Gasteiger partial charge >= 0.3 is 6.09 Å². The van der Waals surface area contributed by atoms with E-state index in [1.54, 1.807) is 11.8 Å². The Labute approximate surface area is 89.5 Å². The van der Waals surface area contributed by atoms with Crippen LogP contribution in [-0.2, 0) is 4.84 Å². The van der Waals surface area contributed by atoms with E-state index < -0.39 is 6.09 Å². The minimum atomic E-state index is -0.534. The van der Waals surface area contributed by atoms with Crippen molar-refractivity contribution in [3.63, 3.8) is 0 Å². The first-order chi connectivity index (χ1) is 6.41. The molecule has 0 radical (unpaired) electrons. The van der Waals surface area contributed by atoms with Gasteiger partial charge in [-0.1, -0.05) is 25.9 Å². The fourth-order valence-electron chi connectivity index (χ4n) is 0.659. The lowest BCUT2D eigenvalue weighted by atomic mass is 9.91. The first-order valence-corrected chi connectivity index (χ1v) is 5.76. The van der Waals surface area contributed by atoms with Gasteiger partial charge in [-0.25, -0.2) is 4.79 Å². The predicted octanol–water partition coefficient (Wildman–Crippen LogP) is 2.11. The molecular weight excluding hydrogens is 200 g/mol. The fourth-order valence-corrected chi connectivity index (χ4v) is 1.42. The number of rotatable bonds is 3. The molecule has 0 saturated heterocycles. The van der Waals surface area contributed by atoms with Gasteiger partial charge in [0, 0.05) is 18.2 Å². The number of nitrogens with zero attached hydrogens (tertiary/aromatic N) is 1. The third kappa shape index (κ3) is 5.11. The van der Waals surface area contributed by atoms with Crippen molar-refractivity contribution in [1.29, 1.82) is 0 Å². The summed E-state index contributed by atoms with van der Waals surface area (Å²) < 4.78 is 0. The van der Waals surface area contributed by atoms with E-state index in [1.165, 1.54) is 7.05 Å². The average molecular weight is 218 g/mol. The predicted molar refractivity (Wildman–Crippen MR) is 60.8 cm³/mol. The summed E-state index contributed by atoms with van der Waals surface area (Å²) in [5.74, 6) is 0.764. The van der Waals surface area contributed by atoms with Gasteiger partial charge in [0.05, 0.1) is 5.71 Å². The third-order valence-corrected chi connectivity index (χ3v) is 2.15. The first-order valence-electron chi connectivity index (χ1n) is 4.36. The number of amides is 1. The van der Waals surface area contributed by atoms with Crippen LogP contribution in [0.2, 0.25) is 0 Å². The molecule has 0 aliphatic rings. The molecule has 0 unspecified atom stereocenters. The average Bonchev–Trinajstić information content (AvgIpc) is 2.09. The van der Waals surface area contributed by atoms with Crippen molar-refractivity contribution >= 4 is 23.6 Å². The topological polar surface area (TPSA) is 50.7 Å². The van der Waals surface area contributed by atoms with Gasteiger partial charge in [-0.3, -0.25) is 4.84 Å². The Morgan fingerprint density at radius 1 is 1.50 bits per heavy atom. The Kier molecular flexibility index (Phi) is 5.60. The van der Waals surface area contributed by atoms with Gasteiger partial charge in [0.25, 0.3) is 0 Å². The third-order valence-electron chi connectivity index (χ3n) is 1.59.